The molecule has 10 heavy (non-hydrogen) atoms. The zero-order valence-corrected chi connectivity index (χ0v) is 5.66. The van der Waals surface area contributed by atoms with Crippen molar-refractivity contribution in [1.82, 2.24) is 0 Å². The van der Waals surface area contributed by atoms with Crippen molar-refractivity contribution in [3.63, 3.8) is 0 Å². The number of aliphatic hydroxyl groups excluding tert-OH is 2. The van der Waals surface area contributed by atoms with Crippen LogP contribution in [0.5, 0.6) is 0 Å². The molecule has 58 valence electrons. The summed E-state index contributed by atoms with van der Waals surface area (Å²) in [5.41, 5.74) is -0.137. The molecule has 0 aliphatic heterocycles. The van der Waals surface area contributed by atoms with Gasteiger partial charge in [-0.3, -0.25) is 0 Å². The van der Waals surface area contributed by atoms with Gasteiger partial charge in [0, 0.05) is 13.0 Å². The zero-order valence-electron chi connectivity index (χ0n) is 5.66. The van der Waals surface area contributed by atoms with E-state index in [4.69, 9.17) is 15.3 Å². The number of carbonyl (C=O) groups is 1. The molecule has 0 saturated carbocycles. The summed E-state index contributed by atoms with van der Waals surface area (Å²) in [5.74, 6) is -1.43. The number of rotatable bonds is 3. The van der Waals surface area contributed by atoms with Gasteiger partial charge in [0.1, 0.15) is 0 Å². The Morgan fingerprint density at radius 3 is 2.00 bits per heavy atom. The van der Waals surface area contributed by atoms with E-state index in [1.165, 1.54) is 6.92 Å². The molecule has 0 aromatic carbocycles. The first kappa shape index (κ1) is 8.97. The zero-order chi connectivity index (χ0) is 8.15. The molecule has 0 unspecified atom stereocenters. The van der Waals surface area contributed by atoms with Crippen molar-refractivity contribution < 1.29 is 20.1 Å². The lowest BCUT2D eigenvalue weighted by molar-refractivity contribution is -0.133. The smallest absolute Gasteiger partial charge is 0.335 e. The van der Waals surface area contributed by atoms with Crippen LogP contribution in [0, 0.1) is 0 Å². The highest BCUT2D eigenvalue weighted by Crippen LogP contribution is 2.04. The van der Waals surface area contributed by atoms with Gasteiger partial charge >= 0.3 is 5.97 Å². The lowest BCUT2D eigenvalue weighted by Crippen LogP contribution is -2.05. The van der Waals surface area contributed by atoms with Crippen LogP contribution in [-0.4, -0.2) is 27.9 Å². The number of allylic oxidation sites excluding steroid dienone is 1. The van der Waals surface area contributed by atoms with Gasteiger partial charge in [0.05, 0.1) is 11.3 Å². The second-order valence-corrected chi connectivity index (χ2v) is 1.84. The van der Waals surface area contributed by atoms with Crippen molar-refractivity contribution in [2.45, 2.75) is 13.3 Å². The minimum absolute atomic E-state index is 0.0162. The summed E-state index contributed by atoms with van der Waals surface area (Å²) in [4.78, 5) is 10.2. The minimum Gasteiger partial charge on any atom is -0.512 e. The maximum absolute atomic E-state index is 10.2. The van der Waals surface area contributed by atoms with Crippen molar-refractivity contribution in [2.75, 3.05) is 6.61 Å². The summed E-state index contributed by atoms with van der Waals surface area (Å²) >= 11 is 0. The third kappa shape index (κ3) is 2.50. The number of hydrogen-bond acceptors (Lipinski definition) is 3. The summed E-state index contributed by atoms with van der Waals surface area (Å²) < 4.78 is 0. The fraction of sp³-hybridized carbons (Fsp3) is 0.500. The largest absolute Gasteiger partial charge is 0.512 e. The quantitative estimate of drug-likeness (QED) is 0.395. The van der Waals surface area contributed by atoms with Crippen molar-refractivity contribution in [3.8, 4) is 0 Å². The molecule has 0 atom stereocenters. The highest BCUT2D eigenvalue weighted by molar-refractivity contribution is 5.86. The van der Waals surface area contributed by atoms with Crippen molar-refractivity contribution >= 4 is 5.97 Å². The van der Waals surface area contributed by atoms with E-state index in [9.17, 15) is 4.79 Å². The molecule has 0 rings (SSSR count). The van der Waals surface area contributed by atoms with Gasteiger partial charge in [-0.05, 0) is 6.92 Å². The van der Waals surface area contributed by atoms with E-state index < -0.39 is 5.97 Å². The van der Waals surface area contributed by atoms with Gasteiger partial charge < -0.3 is 15.3 Å². The van der Waals surface area contributed by atoms with Crippen LogP contribution < -0.4 is 0 Å². The molecule has 0 saturated heterocycles. The number of carboxylic acids is 1. The lowest BCUT2D eigenvalue weighted by atomic mass is 10.2. The molecule has 0 radical (unpaired) electrons. The first-order valence-electron chi connectivity index (χ1n) is 2.82. The Labute approximate surface area is 58.4 Å². The van der Waals surface area contributed by atoms with Crippen molar-refractivity contribution in [1.29, 1.82) is 0 Å². The summed E-state index contributed by atoms with van der Waals surface area (Å²) in [6.45, 7) is 1.01. The maximum atomic E-state index is 10.2. The van der Waals surface area contributed by atoms with E-state index in [0.717, 1.165) is 0 Å². The summed E-state index contributed by atoms with van der Waals surface area (Å²) in [6.07, 6.45) is -0.0162. The highest BCUT2D eigenvalue weighted by atomic mass is 16.4. The first-order chi connectivity index (χ1) is 4.59. The van der Waals surface area contributed by atoms with Crippen LogP contribution in [0.15, 0.2) is 11.3 Å². The molecule has 0 amide bonds. The van der Waals surface area contributed by atoms with Gasteiger partial charge in [0.25, 0.3) is 0 Å². The highest BCUT2D eigenvalue weighted by Gasteiger charge is 2.09. The van der Waals surface area contributed by atoms with Gasteiger partial charge in [0.15, 0.2) is 0 Å². The third-order valence-electron chi connectivity index (χ3n) is 1.06. The molecule has 4 nitrogen and oxygen atoms in total. The van der Waals surface area contributed by atoms with Crippen molar-refractivity contribution in [3.05, 3.63) is 11.3 Å². The molecular weight excluding hydrogens is 136 g/mol. The topological polar surface area (TPSA) is 77.8 Å². The number of aliphatic hydroxyl groups is 2. The Morgan fingerprint density at radius 1 is 1.40 bits per heavy atom. The molecule has 0 heterocycles. The molecule has 4 heteroatoms. The lowest BCUT2D eigenvalue weighted by Gasteiger charge is -1.99. The Morgan fingerprint density at radius 2 is 1.90 bits per heavy atom. The maximum Gasteiger partial charge on any atom is 0.335 e. The van der Waals surface area contributed by atoms with Crippen LogP contribution in [0.25, 0.3) is 0 Å². The number of hydrogen-bond donors (Lipinski definition) is 3. The fourth-order valence-electron chi connectivity index (χ4n) is 0.554. The molecule has 0 aromatic rings. The van der Waals surface area contributed by atoms with Crippen LogP contribution in [0.3, 0.4) is 0 Å². The van der Waals surface area contributed by atoms with Crippen LogP contribution in [0.2, 0.25) is 0 Å². The third-order valence-corrected chi connectivity index (χ3v) is 1.06. The average molecular weight is 146 g/mol. The molecule has 0 spiro atoms. The second-order valence-electron chi connectivity index (χ2n) is 1.84. The van der Waals surface area contributed by atoms with Gasteiger partial charge in [0.2, 0.25) is 0 Å². The van der Waals surface area contributed by atoms with E-state index >= 15 is 0 Å². The molecule has 0 bridgehead atoms. The van der Waals surface area contributed by atoms with Gasteiger partial charge in [-0.2, -0.15) is 0 Å². The predicted molar refractivity (Wildman–Crippen MR) is 34.7 cm³/mol. The summed E-state index contributed by atoms with van der Waals surface area (Å²) in [5, 5.41) is 25.4. The first-order valence-corrected chi connectivity index (χ1v) is 2.82. The monoisotopic (exact) mass is 146 g/mol. The van der Waals surface area contributed by atoms with Gasteiger partial charge in [-0.25, -0.2) is 4.79 Å². The predicted octanol–water partition coefficient (Wildman–Crippen LogP) is 0.285. The van der Waals surface area contributed by atoms with Crippen LogP contribution in [0.1, 0.15) is 13.3 Å². The normalized spacial score (nSPS) is 12.6. The number of carboxylic acid groups (broad SMARTS) is 1. The molecule has 3 N–H and O–H groups in total. The van der Waals surface area contributed by atoms with Gasteiger partial charge in [-0.1, -0.05) is 0 Å². The van der Waals surface area contributed by atoms with E-state index in [-0.39, 0.29) is 24.4 Å². The molecule has 0 fully saturated rings. The summed E-state index contributed by atoms with van der Waals surface area (Å²) in [7, 11) is 0. The van der Waals surface area contributed by atoms with Gasteiger partial charge in [-0.15, -0.1) is 0 Å². The molecule has 0 aromatic heterocycles. The van der Waals surface area contributed by atoms with E-state index in [1.807, 2.05) is 0 Å². The average Bonchev–Trinajstić information content (AvgIpc) is 1.81. The second kappa shape index (κ2) is 3.90. The van der Waals surface area contributed by atoms with Crippen molar-refractivity contribution in [2.24, 2.45) is 0 Å². The number of aliphatic carboxylic acids is 1. The Kier molecular flexibility index (Phi) is 3.49. The van der Waals surface area contributed by atoms with Crippen LogP contribution >= 0.6 is 0 Å². The van der Waals surface area contributed by atoms with E-state index in [0.29, 0.717) is 0 Å². The Bertz CT molecular complexity index is 155. The van der Waals surface area contributed by atoms with E-state index in [1.54, 1.807) is 0 Å². The SMILES string of the molecule is CC(O)=C(CCO)C(=O)O. The standard InChI is InChI=1S/C6H10O4/c1-4(8)5(2-3-7)6(9)10/h7-8H,2-3H2,1H3,(H,9,10). The molecule has 0 aliphatic rings. The minimum atomic E-state index is -1.19. The Hall–Kier alpha value is -1.03. The van der Waals surface area contributed by atoms with Crippen LogP contribution in [0.4, 0.5) is 0 Å². The summed E-state index contributed by atoms with van der Waals surface area (Å²) in [6, 6.07) is 0. The molecular formula is C6H10O4. The Balaban J connectivity index is 4.28. The van der Waals surface area contributed by atoms with Crippen LogP contribution in [-0.2, 0) is 4.79 Å². The van der Waals surface area contributed by atoms with E-state index in [2.05, 4.69) is 0 Å². The molecule has 0 aliphatic carbocycles. The fourth-order valence-corrected chi connectivity index (χ4v) is 0.554.